The van der Waals surface area contributed by atoms with Gasteiger partial charge in [-0.1, -0.05) is 0 Å². The number of hydrogen-bond acceptors (Lipinski definition) is 2. The van der Waals surface area contributed by atoms with E-state index in [0.717, 1.165) is 0 Å². The van der Waals surface area contributed by atoms with E-state index in [1.54, 1.807) is 27.7 Å². The molecule has 1 N–H and O–H groups in total. The van der Waals surface area contributed by atoms with E-state index in [9.17, 15) is 0 Å². The molecule has 0 atom stereocenters. The van der Waals surface area contributed by atoms with Crippen LogP contribution in [0.15, 0.2) is 12.7 Å². The molecule has 37 valence electrons. The van der Waals surface area contributed by atoms with E-state index >= 15 is 0 Å². The van der Waals surface area contributed by atoms with Gasteiger partial charge in [0.2, 0.25) is 0 Å². The molecule has 0 heterocycles. The standard InChI is InChI=1S/C3H5.CHNS.Sn/c1-3-2;2-1-3;/h3H,1-2H2;2H;. The van der Waals surface area contributed by atoms with Crippen molar-refractivity contribution in [3.05, 3.63) is 12.7 Å². The van der Waals surface area contributed by atoms with Crippen LogP contribution in [-0.4, -0.2) is 27.7 Å². The first-order valence-electron chi connectivity index (χ1n) is 1.62. The fraction of sp³-hybridized carbons (Fsp3) is 0.250. The molecule has 0 fully saturated rings. The molecule has 0 aliphatic carbocycles. The predicted octanol–water partition coefficient (Wildman–Crippen LogP) is 1.43. The summed E-state index contributed by atoms with van der Waals surface area (Å²) in [5.41, 5.74) is 0. The van der Waals surface area contributed by atoms with Crippen LogP contribution in [0.2, 0.25) is 4.44 Å². The molecular formula is C4H6NSSn. The number of rotatable bonds is 1. The second kappa shape index (κ2) is 16.2. The van der Waals surface area contributed by atoms with Crippen molar-refractivity contribution in [2.75, 3.05) is 0 Å². The maximum Gasteiger partial charge on any atom is 0.0554 e. The maximum atomic E-state index is 5.77. The first kappa shape index (κ1) is 10.3. The molecule has 7 heavy (non-hydrogen) atoms. The zero-order valence-electron chi connectivity index (χ0n) is 3.90. The zero-order chi connectivity index (χ0) is 6.12. The van der Waals surface area contributed by atoms with Crippen molar-refractivity contribution >= 4 is 39.9 Å². The molecule has 0 rings (SSSR count). The third kappa shape index (κ3) is 66.6. The average Bonchev–Trinajstić information content (AvgIpc) is 1.69. The largest absolute Gasteiger partial charge is 0.248 e. The Morgan fingerprint density at radius 3 is 2.14 bits per heavy atom. The third-order valence-electron chi connectivity index (χ3n) is 0.144. The van der Waals surface area contributed by atoms with Crippen LogP contribution in [-0.2, 0) is 0 Å². The minimum Gasteiger partial charge on any atom is -0.248 e. The van der Waals surface area contributed by atoms with Crippen LogP contribution in [0.1, 0.15) is 0 Å². The smallest absolute Gasteiger partial charge is 0.0554 e. The maximum absolute atomic E-state index is 5.77. The van der Waals surface area contributed by atoms with Crippen molar-refractivity contribution in [2.45, 2.75) is 4.44 Å². The topological polar surface area (TPSA) is 23.9 Å². The molecule has 0 saturated heterocycles. The molecule has 0 aromatic carbocycles. The Kier molecular flexibility index (Phi) is 24.0. The van der Waals surface area contributed by atoms with E-state index < -0.39 is 0 Å². The number of allylic oxidation sites excluding steroid dienone is 1. The quantitative estimate of drug-likeness (QED) is 0.306. The van der Waals surface area contributed by atoms with Crippen molar-refractivity contribution in [1.29, 1.82) is 5.41 Å². The van der Waals surface area contributed by atoms with E-state index in [1.807, 2.05) is 6.08 Å². The van der Waals surface area contributed by atoms with Gasteiger partial charge in [-0.15, -0.1) is 0 Å². The molecule has 0 saturated carbocycles. The Morgan fingerprint density at radius 1 is 2.00 bits per heavy atom. The van der Waals surface area contributed by atoms with E-state index in [4.69, 9.17) is 5.41 Å². The van der Waals surface area contributed by atoms with Crippen molar-refractivity contribution in [2.24, 2.45) is 0 Å². The summed E-state index contributed by atoms with van der Waals surface area (Å²) in [7, 11) is 0. The van der Waals surface area contributed by atoms with Gasteiger partial charge in [-0.2, -0.15) is 0 Å². The fourth-order valence-electron chi connectivity index (χ4n) is 0. The Morgan fingerprint density at radius 2 is 2.14 bits per heavy atom. The summed E-state index contributed by atoms with van der Waals surface area (Å²) in [4.78, 5) is 0. The van der Waals surface area contributed by atoms with E-state index in [0.29, 0.717) is 0 Å². The molecule has 0 spiro atoms. The molecule has 0 bridgehead atoms. The number of hydrogen-bond donors (Lipinski definition) is 1. The average molecular weight is 219 g/mol. The first-order valence-corrected chi connectivity index (χ1v) is 4.05. The molecule has 3 radical (unpaired) electrons. The summed E-state index contributed by atoms with van der Waals surface area (Å²) in [5.74, 6) is 0. The van der Waals surface area contributed by atoms with Gasteiger partial charge in [0, 0.05) is 0 Å². The van der Waals surface area contributed by atoms with Crippen molar-refractivity contribution in [3.8, 4) is 0 Å². The summed E-state index contributed by atoms with van der Waals surface area (Å²) in [6, 6.07) is 0. The summed E-state index contributed by atoms with van der Waals surface area (Å²) < 4.78 is 1.17. The van der Waals surface area contributed by atoms with Crippen molar-refractivity contribution in [1.82, 2.24) is 0 Å². The van der Waals surface area contributed by atoms with Crippen LogP contribution in [0.5, 0.6) is 0 Å². The SMILES string of the molecule is C=C[CH2][Sn].N=C=S. The molecule has 0 aromatic heterocycles. The summed E-state index contributed by atoms with van der Waals surface area (Å²) in [6.45, 7) is 3.50. The van der Waals surface area contributed by atoms with Gasteiger partial charge in [0.15, 0.2) is 0 Å². The Hall–Kier alpha value is 0.339. The van der Waals surface area contributed by atoms with Crippen LogP contribution in [0.4, 0.5) is 0 Å². The van der Waals surface area contributed by atoms with Crippen LogP contribution >= 0.6 is 12.2 Å². The van der Waals surface area contributed by atoms with Crippen LogP contribution < -0.4 is 0 Å². The second-order valence-corrected chi connectivity index (χ2v) is 1.96. The van der Waals surface area contributed by atoms with Crippen molar-refractivity contribution < 1.29 is 0 Å². The van der Waals surface area contributed by atoms with E-state index in [1.165, 1.54) is 4.44 Å². The number of nitrogens with one attached hydrogen (secondary N) is 1. The van der Waals surface area contributed by atoms with Gasteiger partial charge in [-0.05, 0) is 12.2 Å². The van der Waals surface area contributed by atoms with Gasteiger partial charge >= 0.3 is 39.6 Å². The zero-order valence-corrected chi connectivity index (χ0v) is 7.57. The third-order valence-corrected chi connectivity index (χ3v) is 0.968. The van der Waals surface area contributed by atoms with Gasteiger partial charge in [0.1, 0.15) is 0 Å². The predicted molar refractivity (Wildman–Crippen MR) is 36.1 cm³/mol. The molecule has 0 aliphatic rings. The van der Waals surface area contributed by atoms with Gasteiger partial charge in [0.05, 0.1) is 5.16 Å². The minimum atomic E-state index is 1.17. The molecule has 0 aromatic rings. The van der Waals surface area contributed by atoms with Crippen LogP contribution in [0.3, 0.4) is 0 Å². The van der Waals surface area contributed by atoms with Gasteiger partial charge in [-0.3, -0.25) is 0 Å². The van der Waals surface area contributed by atoms with Gasteiger partial charge in [0.25, 0.3) is 0 Å². The normalized spacial score (nSPS) is 4.71. The molecule has 0 amide bonds. The summed E-state index contributed by atoms with van der Waals surface area (Å²) in [6.07, 6.45) is 1.92. The first-order chi connectivity index (χ1) is 3.33. The fourth-order valence-corrected chi connectivity index (χ4v) is 0. The summed E-state index contributed by atoms with van der Waals surface area (Å²) in [5, 5.41) is 7.36. The number of thiocarbonyl (C=S) groups is 1. The van der Waals surface area contributed by atoms with E-state index in [-0.39, 0.29) is 0 Å². The van der Waals surface area contributed by atoms with Crippen LogP contribution in [0.25, 0.3) is 0 Å². The molecule has 1 nitrogen and oxygen atoms in total. The monoisotopic (exact) mass is 220 g/mol. The minimum absolute atomic E-state index is 1.17. The van der Waals surface area contributed by atoms with E-state index in [2.05, 4.69) is 18.8 Å². The van der Waals surface area contributed by atoms with Gasteiger partial charge < -0.3 is 0 Å². The molecule has 0 unspecified atom stereocenters. The molecule has 3 heteroatoms. The molecule has 0 aliphatic heterocycles. The Balaban J connectivity index is 0. The van der Waals surface area contributed by atoms with Crippen molar-refractivity contribution in [3.63, 3.8) is 0 Å². The second-order valence-electron chi connectivity index (χ2n) is 0.595. The Bertz CT molecular complexity index is 66.1. The van der Waals surface area contributed by atoms with Gasteiger partial charge in [-0.25, -0.2) is 5.41 Å². The Labute approximate surface area is 62.4 Å². The van der Waals surface area contributed by atoms with Crippen LogP contribution in [0, 0.1) is 5.41 Å². The number of isothiocyanates is 1. The molecular weight excluding hydrogens is 213 g/mol. The summed E-state index contributed by atoms with van der Waals surface area (Å²) >= 11 is 5.36.